The number of rotatable bonds is 3. The number of hydrogen-bond acceptors (Lipinski definition) is 4. The lowest BCUT2D eigenvalue weighted by Gasteiger charge is -2.55. The number of aromatic nitrogens is 1. The van der Waals surface area contributed by atoms with Crippen LogP contribution in [0.25, 0.3) is 11.8 Å². The van der Waals surface area contributed by atoms with Crippen LogP contribution >= 0.6 is 0 Å². The fraction of sp³-hybridized carbons (Fsp3) is 0.318. The van der Waals surface area contributed by atoms with Gasteiger partial charge in [0.15, 0.2) is 0 Å². The number of nitrogen functional groups attached to an aromatic ring is 1. The van der Waals surface area contributed by atoms with E-state index in [0.717, 1.165) is 24.3 Å². The number of aryl methyl sites for hydroxylation is 1. The number of anilines is 1. The molecule has 28 heavy (non-hydrogen) atoms. The molecule has 2 aliphatic rings. The highest BCUT2D eigenvalue weighted by atomic mass is 16.3. The first kappa shape index (κ1) is 19.6. The molecule has 1 aliphatic heterocycles. The Bertz CT molecular complexity index is 901. The Labute approximate surface area is 165 Å². The molecule has 1 spiro atoms. The van der Waals surface area contributed by atoms with E-state index in [2.05, 4.69) is 11.6 Å². The first-order valence-corrected chi connectivity index (χ1v) is 9.45. The number of likely N-dealkylation sites (tertiary alicyclic amines) is 1. The third kappa shape index (κ3) is 4.06. The molecule has 1 aliphatic carbocycles. The highest BCUT2D eigenvalue weighted by Gasteiger charge is 2.48. The number of carbonyl (C=O) groups is 1. The molecule has 4 rings (SSSR count). The lowest BCUT2D eigenvalue weighted by atomic mass is 9.63. The van der Waals surface area contributed by atoms with Crippen molar-refractivity contribution in [2.75, 3.05) is 18.8 Å². The molecule has 0 atom stereocenters. The van der Waals surface area contributed by atoms with E-state index in [0.29, 0.717) is 22.5 Å². The lowest BCUT2D eigenvalue weighted by Crippen LogP contribution is -2.61. The van der Waals surface area contributed by atoms with Crippen LogP contribution in [-0.4, -0.2) is 34.0 Å². The van der Waals surface area contributed by atoms with Gasteiger partial charge in [0.1, 0.15) is 11.6 Å². The predicted molar refractivity (Wildman–Crippen MR) is 113 cm³/mol. The summed E-state index contributed by atoms with van der Waals surface area (Å²) in [5.74, 6) is 0.829. The van der Waals surface area contributed by atoms with Gasteiger partial charge in [0.05, 0.1) is 0 Å². The van der Waals surface area contributed by atoms with Crippen LogP contribution in [0.3, 0.4) is 0 Å². The van der Waals surface area contributed by atoms with Crippen molar-refractivity contribution in [3.63, 3.8) is 0 Å². The Morgan fingerprint density at radius 1 is 1.32 bits per heavy atom. The average Bonchev–Trinajstić information content (AvgIpc) is 2.90. The third-order valence-electron chi connectivity index (χ3n) is 5.49. The number of nitrogens with zero attached hydrogens (tertiary/aromatic N) is 1. The Morgan fingerprint density at radius 3 is 2.50 bits per heavy atom. The van der Waals surface area contributed by atoms with Gasteiger partial charge in [0.25, 0.3) is 0 Å². The number of carbonyl (C=O) groups excluding carboxylic acids is 1. The molecule has 0 radical (unpaired) electrons. The summed E-state index contributed by atoms with van der Waals surface area (Å²) in [6.07, 6.45) is 7.16. The third-order valence-corrected chi connectivity index (χ3v) is 5.49. The number of nitrogens with two attached hydrogens (primary N) is 2. The zero-order valence-electron chi connectivity index (χ0n) is 16.2. The van der Waals surface area contributed by atoms with Gasteiger partial charge < -0.3 is 26.5 Å². The predicted octanol–water partition coefficient (Wildman–Crippen LogP) is 3.25. The van der Waals surface area contributed by atoms with Crippen LogP contribution in [0.5, 0.6) is 5.75 Å². The van der Waals surface area contributed by atoms with Gasteiger partial charge in [0.2, 0.25) is 5.91 Å². The Hall–Kier alpha value is -3.15. The molecule has 1 amide bonds. The Balaban J connectivity index is 0.000000176. The maximum Gasteiger partial charge on any atom is 0.245 e. The topological polar surface area (TPSA) is 108 Å². The molecule has 1 saturated carbocycles. The molecule has 0 unspecified atom stereocenters. The molecule has 1 saturated heterocycles. The van der Waals surface area contributed by atoms with E-state index >= 15 is 0 Å². The van der Waals surface area contributed by atoms with Crippen molar-refractivity contribution < 1.29 is 9.90 Å². The van der Waals surface area contributed by atoms with Crippen molar-refractivity contribution in [1.29, 1.82) is 0 Å². The van der Waals surface area contributed by atoms with Crippen LogP contribution in [0.2, 0.25) is 0 Å². The van der Waals surface area contributed by atoms with Crippen molar-refractivity contribution in [2.45, 2.75) is 26.2 Å². The molecule has 1 aromatic carbocycles. The molecule has 6 heteroatoms. The van der Waals surface area contributed by atoms with Crippen LogP contribution in [-0.2, 0) is 4.79 Å². The van der Waals surface area contributed by atoms with Crippen molar-refractivity contribution >= 4 is 23.5 Å². The Kier molecular flexibility index (Phi) is 5.49. The molecule has 1 aromatic heterocycles. The fourth-order valence-electron chi connectivity index (χ4n) is 3.76. The number of amides is 1. The molecular weight excluding hydrogens is 352 g/mol. The molecule has 6 nitrogen and oxygen atoms in total. The highest BCUT2D eigenvalue weighted by Crippen LogP contribution is 2.48. The fourth-order valence-corrected chi connectivity index (χ4v) is 3.76. The SMILES string of the molecule is C=CC(=O)N1CC2(CCC2)C1.Cc1cc(/C=C(\N)c2ccccc2O)c(N)[nH]1. The summed E-state index contributed by atoms with van der Waals surface area (Å²) in [6, 6.07) is 8.84. The molecule has 2 aromatic rings. The summed E-state index contributed by atoms with van der Waals surface area (Å²) in [7, 11) is 0. The molecular formula is C22H28N4O2. The number of aromatic amines is 1. The summed E-state index contributed by atoms with van der Waals surface area (Å²) in [5.41, 5.74) is 15.2. The van der Waals surface area contributed by atoms with E-state index in [-0.39, 0.29) is 11.7 Å². The minimum Gasteiger partial charge on any atom is -0.507 e. The van der Waals surface area contributed by atoms with E-state index in [9.17, 15) is 9.90 Å². The maximum absolute atomic E-state index is 11.0. The van der Waals surface area contributed by atoms with Crippen LogP contribution in [0, 0.1) is 12.3 Å². The minimum atomic E-state index is 0.0996. The summed E-state index contributed by atoms with van der Waals surface area (Å²) in [4.78, 5) is 15.9. The van der Waals surface area contributed by atoms with Gasteiger partial charge >= 0.3 is 0 Å². The quantitative estimate of drug-likeness (QED) is 0.613. The van der Waals surface area contributed by atoms with Gasteiger partial charge in [-0.05, 0) is 50.1 Å². The molecule has 2 fully saturated rings. The highest BCUT2D eigenvalue weighted by molar-refractivity contribution is 5.87. The van der Waals surface area contributed by atoms with Crippen LogP contribution in [0.4, 0.5) is 5.82 Å². The number of hydrogen-bond donors (Lipinski definition) is 4. The van der Waals surface area contributed by atoms with E-state index < -0.39 is 0 Å². The monoisotopic (exact) mass is 380 g/mol. The number of phenols is 1. The zero-order chi connectivity index (χ0) is 20.3. The standard InChI is InChI=1S/C13H15N3O.C9H13NO/c1-8-6-9(13(15)16-8)7-11(14)10-4-2-3-5-12(10)17;1-2-8(11)10-6-9(7-10)4-3-5-9/h2-7,16-17H,14-15H2,1H3;2H,1,3-7H2/b11-7-;. The maximum atomic E-state index is 11.0. The van der Waals surface area contributed by atoms with Gasteiger partial charge in [-0.2, -0.15) is 0 Å². The van der Waals surface area contributed by atoms with Gasteiger partial charge in [-0.1, -0.05) is 25.1 Å². The second kappa shape index (κ2) is 7.84. The van der Waals surface area contributed by atoms with Crippen LogP contribution < -0.4 is 11.5 Å². The number of para-hydroxylation sites is 1. The van der Waals surface area contributed by atoms with Gasteiger partial charge in [-0.25, -0.2) is 0 Å². The molecule has 148 valence electrons. The summed E-state index contributed by atoms with van der Waals surface area (Å²) < 4.78 is 0. The van der Waals surface area contributed by atoms with Gasteiger partial charge in [-0.3, -0.25) is 4.79 Å². The second-order valence-electron chi connectivity index (χ2n) is 7.69. The molecule has 0 bridgehead atoms. The van der Waals surface area contributed by atoms with Crippen molar-refractivity contribution in [3.05, 3.63) is 59.8 Å². The summed E-state index contributed by atoms with van der Waals surface area (Å²) in [6.45, 7) is 7.35. The van der Waals surface area contributed by atoms with E-state index in [1.807, 2.05) is 24.0 Å². The number of benzene rings is 1. The second-order valence-corrected chi connectivity index (χ2v) is 7.69. The number of phenolic OH excluding ortho intramolecular Hbond substituents is 1. The van der Waals surface area contributed by atoms with Crippen LogP contribution in [0.1, 0.15) is 36.1 Å². The normalized spacial score (nSPS) is 17.2. The first-order chi connectivity index (χ1) is 13.3. The Morgan fingerprint density at radius 2 is 2.00 bits per heavy atom. The summed E-state index contributed by atoms with van der Waals surface area (Å²) in [5, 5.41) is 9.67. The van der Waals surface area contributed by atoms with E-state index in [4.69, 9.17) is 11.5 Å². The first-order valence-electron chi connectivity index (χ1n) is 9.45. The van der Waals surface area contributed by atoms with E-state index in [1.54, 1.807) is 24.3 Å². The van der Waals surface area contributed by atoms with Gasteiger partial charge in [-0.15, -0.1) is 0 Å². The number of aromatic hydroxyl groups is 1. The zero-order valence-corrected chi connectivity index (χ0v) is 16.2. The summed E-state index contributed by atoms with van der Waals surface area (Å²) >= 11 is 0. The van der Waals surface area contributed by atoms with Crippen molar-refractivity contribution in [2.24, 2.45) is 11.1 Å². The van der Waals surface area contributed by atoms with Crippen LogP contribution in [0.15, 0.2) is 43.0 Å². The minimum absolute atomic E-state index is 0.0996. The largest absolute Gasteiger partial charge is 0.507 e. The molecule has 2 heterocycles. The smallest absolute Gasteiger partial charge is 0.245 e. The average molecular weight is 380 g/mol. The lowest BCUT2D eigenvalue weighted by molar-refractivity contribution is -0.144. The van der Waals surface area contributed by atoms with Gasteiger partial charge in [0, 0.05) is 41.0 Å². The van der Waals surface area contributed by atoms with Crippen molar-refractivity contribution in [3.8, 4) is 5.75 Å². The van der Waals surface area contributed by atoms with E-state index in [1.165, 1.54) is 25.3 Å². The molecule has 6 N–H and O–H groups in total. The van der Waals surface area contributed by atoms with Crippen molar-refractivity contribution in [1.82, 2.24) is 9.88 Å². The number of nitrogens with one attached hydrogen (secondary N) is 1. The number of H-pyrrole nitrogens is 1.